The molecular formula is C16H22N8O3. The molecule has 2 N–H and O–H groups in total. The number of hydrogen-bond acceptors (Lipinski definition) is 7. The Labute approximate surface area is 155 Å². The third kappa shape index (κ3) is 3.88. The number of likely N-dealkylation sites (N-methyl/N-ethyl adjacent to an activating group) is 1. The summed E-state index contributed by atoms with van der Waals surface area (Å²) in [6, 6.07) is 1.91. The number of carboxylic acid groups (broad SMARTS) is 1. The van der Waals surface area contributed by atoms with Crippen molar-refractivity contribution in [2.75, 3.05) is 26.7 Å². The lowest BCUT2D eigenvalue weighted by Gasteiger charge is -2.29. The van der Waals surface area contributed by atoms with Crippen molar-refractivity contribution < 1.29 is 14.6 Å². The first-order valence-electron chi connectivity index (χ1n) is 8.38. The highest BCUT2D eigenvalue weighted by Crippen LogP contribution is 2.26. The third-order valence-corrected chi connectivity index (χ3v) is 4.27. The van der Waals surface area contributed by atoms with Crippen molar-refractivity contribution >= 4 is 6.47 Å². The fraction of sp³-hybridized carbons (Fsp3) is 0.438. The van der Waals surface area contributed by atoms with Crippen molar-refractivity contribution in [3.8, 4) is 17.2 Å². The van der Waals surface area contributed by atoms with Crippen LogP contribution in [-0.4, -0.2) is 78.0 Å². The molecule has 4 rings (SSSR count). The maximum absolute atomic E-state index is 8.36. The highest BCUT2D eigenvalue weighted by molar-refractivity contribution is 5.56. The van der Waals surface area contributed by atoms with Crippen molar-refractivity contribution in [1.29, 1.82) is 0 Å². The molecule has 11 heteroatoms. The predicted octanol–water partition coefficient (Wildman–Crippen LogP) is 0.403. The van der Waals surface area contributed by atoms with Crippen LogP contribution in [0.15, 0.2) is 18.5 Å². The SMILES string of the molecule is Cc1[nH]ncc1-c1nc(C2CN(C)CCO2)n(-c2ccnn2C)n1.O=CO. The van der Waals surface area contributed by atoms with Crippen molar-refractivity contribution in [2.45, 2.75) is 13.0 Å². The number of morpholine rings is 1. The van der Waals surface area contributed by atoms with Crippen LogP contribution < -0.4 is 0 Å². The molecule has 3 aromatic rings. The number of hydrogen-bond donors (Lipinski definition) is 2. The maximum atomic E-state index is 8.36. The van der Waals surface area contributed by atoms with Crippen molar-refractivity contribution in [2.24, 2.45) is 7.05 Å². The molecule has 1 saturated heterocycles. The van der Waals surface area contributed by atoms with Gasteiger partial charge in [0.05, 0.1) is 24.6 Å². The van der Waals surface area contributed by atoms with Crippen LogP contribution in [-0.2, 0) is 16.6 Å². The summed E-state index contributed by atoms with van der Waals surface area (Å²) in [6.07, 6.45) is 3.36. The van der Waals surface area contributed by atoms with Gasteiger partial charge in [-0.3, -0.25) is 14.6 Å². The third-order valence-electron chi connectivity index (χ3n) is 4.27. The zero-order chi connectivity index (χ0) is 19.4. The first kappa shape index (κ1) is 18.7. The minimum absolute atomic E-state index is 0.132. The molecule has 0 aromatic carbocycles. The van der Waals surface area contributed by atoms with E-state index in [0.29, 0.717) is 12.4 Å². The first-order valence-corrected chi connectivity index (χ1v) is 8.38. The lowest BCUT2D eigenvalue weighted by molar-refractivity contribution is -0.122. The molecule has 0 radical (unpaired) electrons. The normalized spacial score (nSPS) is 17.4. The largest absolute Gasteiger partial charge is 0.483 e. The standard InChI is InChI=1S/C15H20N8O.CH2O2/c1-10-11(8-16-19-10)14-18-15(12-9-21(2)6-7-24-12)23(20-14)13-4-5-17-22(13)3;2-1-3/h4-5,8,12H,6-7,9H2,1-3H3,(H,16,19);1H,(H,2,3). The van der Waals surface area contributed by atoms with E-state index in [1.54, 1.807) is 17.1 Å². The Bertz CT molecular complexity index is 899. The number of rotatable bonds is 3. The number of aromatic nitrogens is 7. The topological polar surface area (TPSA) is 127 Å². The molecule has 1 unspecified atom stereocenters. The summed E-state index contributed by atoms with van der Waals surface area (Å²) in [5.41, 5.74) is 1.83. The lowest BCUT2D eigenvalue weighted by Crippen LogP contribution is -2.36. The van der Waals surface area contributed by atoms with E-state index in [2.05, 4.69) is 27.2 Å². The Morgan fingerprint density at radius 3 is 2.78 bits per heavy atom. The van der Waals surface area contributed by atoms with Crippen LogP contribution in [0.4, 0.5) is 0 Å². The second kappa shape index (κ2) is 8.10. The number of ether oxygens (including phenoxy) is 1. The van der Waals surface area contributed by atoms with Crippen molar-refractivity contribution in [3.05, 3.63) is 30.0 Å². The van der Waals surface area contributed by atoms with Gasteiger partial charge in [-0.1, -0.05) is 0 Å². The number of nitrogens with one attached hydrogen (secondary N) is 1. The summed E-state index contributed by atoms with van der Waals surface area (Å²) in [5.74, 6) is 2.26. The summed E-state index contributed by atoms with van der Waals surface area (Å²) in [7, 11) is 3.97. The summed E-state index contributed by atoms with van der Waals surface area (Å²) in [4.78, 5) is 15.4. The molecule has 4 heterocycles. The van der Waals surface area contributed by atoms with Crippen LogP contribution >= 0.6 is 0 Å². The van der Waals surface area contributed by atoms with E-state index >= 15 is 0 Å². The van der Waals surface area contributed by atoms with E-state index in [9.17, 15) is 0 Å². The molecule has 11 nitrogen and oxygen atoms in total. The summed E-state index contributed by atoms with van der Waals surface area (Å²) in [6.45, 7) is 4.08. The second-order valence-corrected chi connectivity index (χ2v) is 6.15. The molecule has 144 valence electrons. The van der Waals surface area contributed by atoms with Gasteiger partial charge in [0.2, 0.25) is 0 Å². The number of H-pyrrole nitrogens is 1. The van der Waals surface area contributed by atoms with Gasteiger partial charge in [-0.05, 0) is 14.0 Å². The highest BCUT2D eigenvalue weighted by atomic mass is 16.5. The molecule has 1 atom stereocenters. The van der Waals surface area contributed by atoms with Crippen LogP contribution in [0.3, 0.4) is 0 Å². The van der Waals surface area contributed by atoms with Gasteiger partial charge in [-0.2, -0.15) is 14.9 Å². The van der Waals surface area contributed by atoms with Gasteiger partial charge in [-0.25, -0.2) is 4.98 Å². The summed E-state index contributed by atoms with van der Waals surface area (Å²) in [5, 5.41) is 22.8. The Kier molecular flexibility index (Phi) is 5.62. The number of carbonyl (C=O) groups is 1. The molecular weight excluding hydrogens is 352 g/mol. The van der Waals surface area contributed by atoms with Crippen molar-refractivity contribution in [1.82, 2.24) is 39.6 Å². The Balaban J connectivity index is 0.000000659. The smallest absolute Gasteiger partial charge is 0.290 e. The van der Waals surface area contributed by atoms with Gasteiger partial charge >= 0.3 is 0 Å². The van der Waals surface area contributed by atoms with E-state index in [0.717, 1.165) is 36.0 Å². The highest BCUT2D eigenvalue weighted by Gasteiger charge is 2.28. The Morgan fingerprint density at radius 1 is 1.41 bits per heavy atom. The molecule has 27 heavy (non-hydrogen) atoms. The molecule has 0 bridgehead atoms. The monoisotopic (exact) mass is 374 g/mol. The van der Waals surface area contributed by atoms with E-state index in [4.69, 9.17) is 24.7 Å². The van der Waals surface area contributed by atoms with E-state index in [1.807, 2.05) is 24.7 Å². The molecule has 0 saturated carbocycles. The maximum Gasteiger partial charge on any atom is 0.290 e. The number of aromatic amines is 1. The van der Waals surface area contributed by atoms with Gasteiger partial charge in [0.1, 0.15) is 6.10 Å². The Hall–Kier alpha value is -3.05. The fourth-order valence-corrected chi connectivity index (χ4v) is 2.90. The van der Waals surface area contributed by atoms with E-state index in [1.165, 1.54) is 0 Å². The molecule has 1 aliphatic rings. The summed E-state index contributed by atoms with van der Waals surface area (Å²) >= 11 is 0. The van der Waals surface area contributed by atoms with Gasteiger partial charge in [0.25, 0.3) is 6.47 Å². The molecule has 1 fully saturated rings. The lowest BCUT2D eigenvalue weighted by atomic mass is 10.2. The van der Waals surface area contributed by atoms with Crippen LogP contribution in [0.25, 0.3) is 17.2 Å². The first-order chi connectivity index (χ1) is 13.0. The van der Waals surface area contributed by atoms with E-state index in [-0.39, 0.29) is 12.6 Å². The molecule has 0 amide bonds. The van der Waals surface area contributed by atoms with E-state index < -0.39 is 0 Å². The molecule has 1 aliphatic heterocycles. The van der Waals surface area contributed by atoms with Gasteiger partial charge < -0.3 is 14.7 Å². The second-order valence-electron chi connectivity index (χ2n) is 6.15. The molecule has 0 spiro atoms. The molecule has 3 aromatic heterocycles. The minimum atomic E-state index is -0.250. The predicted molar refractivity (Wildman–Crippen MR) is 95.3 cm³/mol. The van der Waals surface area contributed by atoms with Crippen LogP contribution in [0, 0.1) is 6.92 Å². The minimum Gasteiger partial charge on any atom is -0.483 e. The van der Waals surface area contributed by atoms with Crippen LogP contribution in [0.5, 0.6) is 0 Å². The van der Waals surface area contributed by atoms with Crippen molar-refractivity contribution in [3.63, 3.8) is 0 Å². The fourth-order valence-electron chi connectivity index (χ4n) is 2.90. The number of nitrogens with zero attached hydrogens (tertiary/aromatic N) is 7. The zero-order valence-corrected chi connectivity index (χ0v) is 15.4. The van der Waals surface area contributed by atoms with Crippen LogP contribution in [0.2, 0.25) is 0 Å². The van der Waals surface area contributed by atoms with Crippen LogP contribution in [0.1, 0.15) is 17.6 Å². The Morgan fingerprint density at radius 2 is 2.19 bits per heavy atom. The quantitative estimate of drug-likeness (QED) is 0.631. The molecule has 0 aliphatic carbocycles. The van der Waals surface area contributed by atoms with Gasteiger partial charge in [-0.15, -0.1) is 5.10 Å². The summed E-state index contributed by atoms with van der Waals surface area (Å²) < 4.78 is 9.55. The average Bonchev–Trinajstić information content (AvgIpc) is 3.34. The average molecular weight is 374 g/mol. The van der Waals surface area contributed by atoms with Gasteiger partial charge in [0.15, 0.2) is 17.5 Å². The van der Waals surface area contributed by atoms with Gasteiger partial charge in [0, 0.05) is 31.9 Å². The zero-order valence-electron chi connectivity index (χ0n) is 15.4. The number of aryl methyl sites for hydroxylation is 2.